The van der Waals surface area contributed by atoms with Crippen molar-refractivity contribution in [3.05, 3.63) is 146 Å². The predicted molar refractivity (Wildman–Crippen MR) is 326 cm³/mol. The van der Waals surface area contributed by atoms with Crippen molar-refractivity contribution in [1.29, 1.82) is 0 Å². The van der Waals surface area contributed by atoms with E-state index in [1.165, 1.54) is 69.9 Å². The average Bonchev–Trinajstić information content (AvgIpc) is 4.06. The van der Waals surface area contributed by atoms with Crippen LogP contribution in [0.15, 0.2) is 135 Å². The molecule has 2 aromatic heterocycles. The second-order valence-electron chi connectivity index (χ2n) is 17.5. The number of rotatable bonds is 21. The Morgan fingerprint density at radius 1 is 0.701 bits per heavy atom. The number of nitrogens with two attached hydrogens (primary N) is 1. The van der Waals surface area contributed by atoms with Gasteiger partial charge in [-0.25, -0.2) is 9.97 Å². The quantitative estimate of drug-likeness (QED) is 0.0203. The fourth-order valence-corrected chi connectivity index (χ4v) is 8.38. The van der Waals surface area contributed by atoms with E-state index in [-0.39, 0.29) is 51.5 Å². The van der Waals surface area contributed by atoms with E-state index in [1.807, 2.05) is 42.5 Å². The van der Waals surface area contributed by atoms with Crippen LogP contribution in [0.25, 0.3) is 0 Å². The number of halogens is 1. The Bertz CT molecular complexity index is 2760. The number of carbonyl (C=O) groups excluding carboxylic acids is 2. The van der Waals surface area contributed by atoms with Gasteiger partial charge in [0.05, 0.1) is 33.2 Å². The number of likely N-dealkylation sites (tertiary alicyclic amines) is 2. The van der Waals surface area contributed by atoms with Crippen LogP contribution in [0, 0.1) is 5.92 Å². The zero-order valence-electron chi connectivity index (χ0n) is 43.6. The molecule has 2 amide bonds. The third-order valence-electron chi connectivity index (χ3n) is 11.9. The van der Waals surface area contributed by atoms with Gasteiger partial charge in [0.25, 0.3) is 0 Å². The van der Waals surface area contributed by atoms with E-state index >= 15 is 0 Å². The second kappa shape index (κ2) is 33.9. The highest BCUT2D eigenvalue weighted by molar-refractivity contribution is 7.59. The highest BCUT2D eigenvalue weighted by atomic mass is 35.5. The molecule has 2 fully saturated rings. The van der Waals surface area contributed by atoms with E-state index in [4.69, 9.17) is 31.5 Å². The number of aromatic nitrogens is 4. The number of hydrogen-bond acceptors (Lipinski definition) is 16. The second-order valence-corrected chi connectivity index (χ2v) is 17.8. The molecule has 0 spiro atoms. The van der Waals surface area contributed by atoms with Crippen LogP contribution in [-0.2, 0) is 20.7 Å². The minimum atomic E-state index is -0.283. The van der Waals surface area contributed by atoms with E-state index in [2.05, 4.69) is 106 Å². The first kappa shape index (κ1) is 64.2. The summed E-state index contributed by atoms with van der Waals surface area (Å²) in [5.74, 6) is 2.54. The molecular formula is C56H76ClN13O5S2. The number of amides is 2. The standard InChI is InChI=1S/C28H34N6O2.C14H13ClN4O2.C13H21N3O.CH4.2H2S/c1-4-14-34-15-13-21(19-34)16-20-9-11-22(12-10-20)32-28-29-18-25(36-3)27(33-28)31-24-8-6-7-23(17-24)30-26(35)5-2;1-3-12(20)17-9-5-4-6-10(7-9)18-13-11(21-2)8-16-14(15)19-13;1-17-9-8-16-7-6-13(10-16)15-12-4-2-11(14)3-5-12;;;/h5-12,17-18,21H,2,4,13-16,19H2,1,3H3,(H,30,35)(H2,29,31,32,33);3-8H,1H2,2H3,(H,17,20)(H,16,18,19);2-5,13,15H,6-10,14H2,1H3;1H4;2*1H2/t21-;;13-;;;/m1.0.../s1. The van der Waals surface area contributed by atoms with Crippen LogP contribution in [0.1, 0.15) is 39.2 Å². The smallest absolute Gasteiger partial charge is 0.247 e. The lowest BCUT2D eigenvalue weighted by Gasteiger charge is -2.17. The molecule has 414 valence electrons. The number of anilines is 10. The van der Waals surface area contributed by atoms with Crippen LogP contribution in [0.3, 0.4) is 0 Å². The van der Waals surface area contributed by atoms with Gasteiger partial charge in [0.15, 0.2) is 23.1 Å². The summed E-state index contributed by atoms with van der Waals surface area (Å²) in [5, 5.41) is 18.6. The molecule has 4 heterocycles. The number of nitrogens with one attached hydrogen (secondary N) is 6. The Labute approximate surface area is 472 Å². The van der Waals surface area contributed by atoms with Gasteiger partial charge in [0.1, 0.15) is 0 Å². The Balaban J connectivity index is 0.000000325. The molecule has 0 bridgehead atoms. The molecular weight excluding hydrogens is 1030 g/mol. The molecule has 2 atom stereocenters. The maximum atomic E-state index is 11.6. The molecule has 0 aliphatic carbocycles. The molecule has 0 radical (unpaired) electrons. The molecule has 2 saturated heterocycles. The molecule has 8 N–H and O–H groups in total. The summed E-state index contributed by atoms with van der Waals surface area (Å²) < 4.78 is 15.7. The first-order valence-electron chi connectivity index (χ1n) is 24.5. The molecule has 2 aliphatic heterocycles. The summed E-state index contributed by atoms with van der Waals surface area (Å²) in [4.78, 5) is 44.8. The Morgan fingerprint density at radius 2 is 1.25 bits per heavy atom. The van der Waals surface area contributed by atoms with Crippen LogP contribution >= 0.6 is 38.6 Å². The average molecular weight is 1110 g/mol. The molecule has 2 aliphatic rings. The first-order chi connectivity index (χ1) is 35.9. The van der Waals surface area contributed by atoms with Gasteiger partial charge in [-0.2, -0.15) is 37.0 Å². The SMILES string of the molecule is C.C=CC(=O)Nc1cccc(Nc2nc(Cl)ncc2OC)c1.C=CC(=O)Nc1cccc(Nc2nc(Nc3ccc(C[C@H]4CCN(CCC)C4)cc3)ncc2OC)c1.COCCN1CC[C@H](Nc2ccc(N)cc2)C1.S.S. The molecule has 0 unspecified atom stereocenters. The maximum absolute atomic E-state index is 11.6. The molecule has 6 aromatic rings. The highest BCUT2D eigenvalue weighted by Gasteiger charge is 2.23. The largest absolute Gasteiger partial charge is 0.491 e. The maximum Gasteiger partial charge on any atom is 0.247 e. The molecule has 0 saturated carbocycles. The number of nitrogen functional groups attached to an aromatic ring is 1. The van der Waals surface area contributed by atoms with E-state index in [1.54, 1.807) is 50.7 Å². The topological polar surface area (TPSA) is 218 Å². The Hall–Kier alpha value is -7.07. The van der Waals surface area contributed by atoms with Crippen molar-refractivity contribution in [3.63, 3.8) is 0 Å². The molecule has 4 aromatic carbocycles. The first-order valence-corrected chi connectivity index (χ1v) is 24.8. The fourth-order valence-electron chi connectivity index (χ4n) is 8.24. The van der Waals surface area contributed by atoms with Crippen molar-refractivity contribution in [1.82, 2.24) is 29.7 Å². The highest BCUT2D eigenvalue weighted by Crippen LogP contribution is 2.30. The van der Waals surface area contributed by atoms with Gasteiger partial charge >= 0.3 is 0 Å². The third-order valence-corrected chi connectivity index (χ3v) is 12.1. The van der Waals surface area contributed by atoms with Crippen LogP contribution in [-0.4, -0.2) is 115 Å². The fraction of sp³-hybridized carbons (Fsp3) is 0.321. The van der Waals surface area contributed by atoms with Gasteiger partial charge in [-0.1, -0.05) is 51.8 Å². The van der Waals surface area contributed by atoms with Gasteiger partial charge in [-0.15, -0.1) is 0 Å². The zero-order valence-corrected chi connectivity index (χ0v) is 46.3. The third kappa shape index (κ3) is 21.5. The monoisotopic (exact) mass is 1110 g/mol. The van der Waals surface area contributed by atoms with E-state index < -0.39 is 0 Å². The van der Waals surface area contributed by atoms with Crippen molar-refractivity contribution in [2.45, 2.75) is 46.1 Å². The molecule has 18 nitrogen and oxygen atoms in total. The number of benzene rings is 4. The minimum absolute atomic E-state index is 0. The number of hydrogen-bond donors (Lipinski definition) is 7. The van der Waals surface area contributed by atoms with Gasteiger partial charge in [0.2, 0.25) is 23.0 Å². The Morgan fingerprint density at radius 3 is 1.82 bits per heavy atom. The molecule has 8 rings (SSSR count). The molecule has 21 heteroatoms. The lowest BCUT2D eigenvalue weighted by molar-refractivity contribution is -0.112. The lowest BCUT2D eigenvalue weighted by Crippen LogP contribution is -2.28. The van der Waals surface area contributed by atoms with Crippen LogP contribution in [0.5, 0.6) is 11.5 Å². The van der Waals surface area contributed by atoms with Crippen molar-refractivity contribution in [3.8, 4) is 11.5 Å². The van der Waals surface area contributed by atoms with E-state index in [9.17, 15) is 9.59 Å². The summed E-state index contributed by atoms with van der Waals surface area (Å²) in [5.41, 5.74) is 12.6. The van der Waals surface area contributed by atoms with Gasteiger partial charge in [-0.3, -0.25) is 14.5 Å². The summed E-state index contributed by atoms with van der Waals surface area (Å²) in [6, 6.07) is 31.4. The summed E-state index contributed by atoms with van der Waals surface area (Å²) in [6.45, 7) is 16.8. The van der Waals surface area contributed by atoms with Crippen LogP contribution in [0.4, 0.5) is 57.4 Å². The van der Waals surface area contributed by atoms with Gasteiger partial charge < -0.3 is 56.7 Å². The summed E-state index contributed by atoms with van der Waals surface area (Å²) in [7, 11) is 4.83. The van der Waals surface area contributed by atoms with Crippen LogP contribution < -0.4 is 47.1 Å². The summed E-state index contributed by atoms with van der Waals surface area (Å²) in [6.07, 6.45) is 10.3. The van der Waals surface area contributed by atoms with Crippen molar-refractivity contribution in [2.24, 2.45) is 5.92 Å². The van der Waals surface area contributed by atoms with Crippen LogP contribution in [0.2, 0.25) is 5.28 Å². The number of ether oxygens (including phenoxy) is 3. The number of carbonyl (C=O) groups is 2. The zero-order chi connectivity index (χ0) is 52.7. The Kier molecular flexibility index (Phi) is 28.2. The lowest BCUT2D eigenvalue weighted by atomic mass is 9.98. The van der Waals surface area contributed by atoms with Gasteiger partial charge in [-0.05, 0) is 147 Å². The summed E-state index contributed by atoms with van der Waals surface area (Å²) >= 11 is 5.77. The predicted octanol–water partition coefficient (Wildman–Crippen LogP) is 10.6. The van der Waals surface area contributed by atoms with Crippen molar-refractivity contribution in [2.75, 3.05) is 105 Å². The number of methoxy groups -OCH3 is 3. The van der Waals surface area contributed by atoms with Crippen molar-refractivity contribution < 1.29 is 23.8 Å². The molecule has 77 heavy (non-hydrogen) atoms. The van der Waals surface area contributed by atoms with Gasteiger partial charge in [0, 0.05) is 79.1 Å². The van der Waals surface area contributed by atoms with E-state index in [0.717, 1.165) is 61.3 Å². The van der Waals surface area contributed by atoms with E-state index in [0.29, 0.717) is 52.2 Å². The number of nitrogens with zero attached hydrogens (tertiary/aromatic N) is 6. The normalized spacial score (nSPS) is 14.4. The van der Waals surface area contributed by atoms with Crippen molar-refractivity contribution >= 4 is 108 Å². The minimum Gasteiger partial charge on any atom is -0.491 e.